The lowest BCUT2D eigenvalue weighted by atomic mass is 9.83. The van der Waals surface area contributed by atoms with Crippen molar-refractivity contribution < 1.29 is 19.8 Å². The molecule has 0 aliphatic heterocycles. The van der Waals surface area contributed by atoms with Gasteiger partial charge in [0.15, 0.2) is 5.78 Å². The van der Waals surface area contributed by atoms with Crippen LogP contribution in [0.5, 0.6) is 11.5 Å². The maximum Gasteiger partial charge on any atom is 0.161 e. The second kappa shape index (κ2) is 11.1. The van der Waals surface area contributed by atoms with Crippen molar-refractivity contribution in [2.75, 3.05) is 0 Å². The van der Waals surface area contributed by atoms with Gasteiger partial charge in [-0.15, -0.1) is 0 Å². The topological polar surface area (TPSA) is 74.6 Å². The van der Waals surface area contributed by atoms with Crippen molar-refractivity contribution in [2.24, 2.45) is 17.8 Å². The Morgan fingerprint density at radius 2 is 1.83 bits per heavy atom. The van der Waals surface area contributed by atoms with E-state index in [1.54, 1.807) is 6.07 Å². The molecule has 2 aromatic carbocycles. The largest absolute Gasteiger partial charge is 0.508 e. The number of allylic oxidation sites excluding steroid dienone is 4. The molecule has 4 heteroatoms. The van der Waals surface area contributed by atoms with E-state index in [4.69, 9.17) is 0 Å². The minimum Gasteiger partial charge on any atom is -0.508 e. The Hall–Kier alpha value is -3.14. The van der Waals surface area contributed by atoms with Crippen molar-refractivity contribution in [3.05, 3.63) is 71.8 Å². The Kier molecular flexibility index (Phi) is 7.90. The highest BCUT2D eigenvalue weighted by Crippen LogP contribution is 2.45. The van der Waals surface area contributed by atoms with E-state index in [0.717, 1.165) is 55.2 Å². The summed E-state index contributed by atoms with van der Waals surface area (Å²) >= 11 is 0. The zero-order valence-corrected chi connectivity index (χ0v) is 20.7. The van der Waals surface area contributed by atoms with Crippen molar-refractivity contribution in [1.82, 2.24) is 0 Å². The van der Waals surface area contributed by atoms with Crippen molar-refractivity contribution in [3.63, 3.8) is 0 Å². The Morgan fingerprint density at radius 1 is 1.00 bits per heavy atom. The number of phenolic OH excluding ortho intramolecular Hbond substituents is 2. The number of carbonyl (C=O) groups excluding carboxylic acids is 2. The van der Waals surface area contributed by atoms with Gasteiger partial charge in [0.25, 0.3) is 0 Å². The van der Waals surface area contributed by atoms with Gasteiger partial charge >= 0.3 is 0 Å². The third-order valence-electron chi connectivity index (χ3n) is 7.95. The van der Waals surface area contributed by atoms with E-state index in [9.17, 15) is 19.8 Å². The zero-order valence-electron chi connectivity index (χ0n) is 20.7. The fourth-order valence-corrected chi connectivity index (χ4v) is 5.99. The van der Waals surface area contributed by atoms with E-state index < -0.39 is 0 Å². The highest BCUT2D eigenvalue weighted by molar-refractivity contribution is 5.96. The fraction of sp³-hybridized carbons (Fsp3) is 0.419. The van der Waals surface area contributed by atoms with Gasteiger partial charge in [-0.05, 0) is 86.3 Å². The van der Waals surface area contributed by atoms with E-state index in [0.29, 0.717) is 23.8 Å². The number of aromatic hydroxyl groups is 2. The Bertz CT molecular complexity index is 1140. The van der Waals surface area contributed by atoms with Crippen LogP contribution >= 0.6 is 0 Å². The minimum atomic E-state index is -0.133. The molecule has 2 saturated carbocycles. The molecule has 184 valence electrons. The number of rotatable bonds is 6. The lowest BCUT2D eigenvalue weighted by Crippen LogP contribution is -2.16. The van der Waals surface area contributed by atoms with Crippen molar-refractivity contribution in [2.45, 2.75) is 64.7 Å². The first-order valence-corrected chi connectivity index (χ1v) is 12.9. The van der Waals surface area contributed by atoms with Crippen LogP contribution < -0.4 is 0 Å². The molecule has 0 bridgehead atoms. The highest BCUT2D eigenvalue weighted by atomic mass is 16.3. The van der Waals surface area contributed by atoms with Crippen LogP contribution in [0, 0.1) is 17.8 Å². The third kappa shape index (κ3) is 5.75. The van der Waals surface area contributed by atoms with Gasteiger partial charge in [0.1, 0.15) is 17.3 Å². The summed E-state index contributed by atoms with van der Waals surface area (Å²) in [6, 6.07) is 12.3. The van der Waals surface area contributed by atoms with E-state index in [1.807, 2.05) is 56.3 Å². The molecule has 2 fully saturated rings. The number of benzene rings is 2. The van der Waals surface area contributed by atoms with Crippen LogP contribution in [-0.2, 0) is 9.59 Å². The molecular weight excluding hydrogens is 436 g/mol. The lowest BCUT2D eigenvalue weighted by Gasteiger charge is -2.22. The second-order valence-corrected chi connectivity index (χ2v) is 10.3. The molecule has 4 nitrogen and oxygen atoms in total. The molecule has 35 heavy (non-hydrogen) atoms. The maximum absolute atomic E-state index is 13.1. The lowest BCUT2D eigenvalue weighted by molar-refractivity contribution is -0.120. The first-order chi connectivity index (χ1) is 16.9. The predicted molar refractivity (Wildman–Crippen MR) is 139 cm³/mol. The number of ketones is 2. The minimum absolute atomic E-state index is 0.0953. The summed E-state index contributed by atoms with van der Waals surface area (Å²) in [5, 5.41) is 20.1. The predicted octanol–water partition coefficient (Wildman–Crippen LogP) is 7.12. The molecule has 0 saturated heterocycles. The molecule has 2 N–H and O–H groups in total. The van der Waals surface area contributed by atoms with Gasteiger partial charge in [-0.2, -0.15) is 0 Å². The molecule has 2 aliphatic rings. The summed E-state index contributed by atoms with van der Waals surface area (Å²) in [5.41, 5.74) is 3.17. The molecule has 0 heterocycles. The number of carbonyl (C=O) groups is 2. The zero-order chi connectivity index (χ0) is 24.9. The molecule has 0 aromatic heterocycles. The van der Waals surface area contributed by atoms with Crippen molar-refractivity contribution >= 4 is 11.6 Å². The highest BCUT2D eigenvalue weighted by Gasteiger charge is 2.38. The van der Waals surface area contributed by atoms with Crippen LogP contribution in [0.1, 0.15) is 70.3 Å². The number of phenols is 2. The fourth-order valence-electron chi connectivity index (χ4n) is 5.99. The normalized spacial score (nSPS) is 25.7. The number of hydrogen-bond acceptors (Lipinski definition) is 4. The Balaban J connectivity index is 1.44. The molecule has 0 amide bonds. The molecular formula is C31H36O4. The standard InChI is InChI=1S/C31H36O4/c1-3-4-7-20(2)31(35)22-9-5-8-21(12-13-22)25-17-27(30(34)18-25)23-10-6-11-24(16-23)28-19-26(32)14-15-29(28)33/h3-4,6-7,10-11,14-16,19,21-22,25,27,32-33H,5,8-9,12-13,17-18H2,1-2H3. The Morgan fingerprint density at radius 3 is 2.63 bits per heavy atom. The maximum atomic E-state index is 13.1. The first kappa shape index (κ1) is 25.0. The van der Waals surface area contributed by atoms with Crippen LogP contribution in [0.2, 0.25) is 0 Å². The van der Waals surface area contributed by atoms with E-state index in [2.05, 4.69) is 0 Å². The summed E-state index contributed by atoms with van der Waals surface area (Å²) in [6.07, 6.45) is 12.2. The van der Waals surface area contributed by atoms with Gasteiger partial charge in [0.05, 0.1) is 0 Å². The third-order valence-corrected chi connectivity index (χ3v) is 7.95. The number of Topliss-reactive ketones (excluding diaryl/α,β-unsaturated/α-hetero) is 2. The van der Waals surface area contributed by atoms with E-state index in [1.165, 1.54) is 12.1 Å². The van der Waals surface area contributed by atoms with Crippen LogP contribution in [0.25, 0.3) is 11.1 Å². The average molecular weight is 473 g/mol. The second-order valence-electron chi connectivity index (χ2n) is 10.3. The van der Waals surface area contributed by atoms with Gasteiger partial charge in [-0.25, -0.2) is 0 Å². The number of hydrogen-bond donors (Lipinski definition) is 2. The molecule has 4 rings (SSSR count). The monoisotopic (exact) mass is 472 g/mol. The van der Waals surface area contributed by atoms with E-state index in [-0.39, 0.29) is 34.9 Å². The van der Waals surface area contributed by atoms with Crippen LogP contribution in [-0.4, -0.2) is 21.8 Å². The average Bonchev–Trinajstić information content (AvgIpc) is 3.08. The quantitative estimate of drug-likeness (QED) is 0.203. The summed E-state index contributed by atoms with van der Waals surface area (Å²) < 4.78 is 0. The molecule has 4 atom stereocenters. The smallest absolute Gasteiger partial charge is 0.161 e. The van der Waals surface area contributed by atoms with Crippen LogP contribution in [0.4, 0.5) is 0 Å². The molecule has 2 aromatic rings. The van der Waals surface area contributed by atoms with Gasteiger partial charge in [-0.1, -0.05) is 55.3 Å². The molecule has 0 spiro atoms. The molecule has 4 unspecified atom stereocenters. The van der Waals surface area contributed by atoms with Crippen molar-refractivity contribution in [1.29, 1.82) is 0 Å². The summed E-state index contributed by atoms with van der Waals surface area (Å²) in [5.74, 6) is 1.57. The van der Waals surface area contributed by atoms with Gasteiger partial charge < -0.3 is 10.2 Å². The SMILES string of the molecule is CC=CC=C(C)C(=O)C1CCCC(C2CC(=O)C(c3cccc(-c4cc(O)ccc4O)c3)C2)CC1. The summed E-state index contributed by atoms with van der Waals surface area (Å²) in [4.78, 5) is 26.0. The van der Waals surface area contributed by atoms with Crippen LogP contribution in [0.3, 0.4) is 0 Å². The first-order valence-electron chi connectivity index (χ1n) is 12.9. The van der Waals surface area contributed by atoms with Crippen LogP contribution in [0.15, 0.2) is 66.3 Å². The van der Waals surface area contributed by atoms with Crippen molar-refractivity contribution in [3.8, 4) is 22.6 Å². The summed E-state index contributed by atoms with van der Waals surface area (Å²) in [6.45, 7) is 3.86. The van der Waals surface area contributed by atoms with Gasteiger partial charge in [0, 0.05) is 23.8 Å². The van der Waals surface area contributed by atoms with Gasteiger partial charge in [0.2, 0.25) is 0 Å². The summed E-state index contributed by atoms with van der Waals surface area (Å²) in [7, 11) is 0. The molecule has 0 radical (unpaired) electrons. The molecule has 2 aliphatic carbocycles. The van der Waals surface area contributed by atoms with Gasteiger partial charge in [-0.3, -0.25) is 9.59 Å². The van der Waals surface area contributed by atoms with E-state index >= 15 is 0 Å². The Labute approximate surface area is 208 Å².